The van der Waals surface area contributed by atoms with Gasteiger partial charge in [-0.1, -0.05) is 0 Å². The average molecular weight is 174 g/mol. The lowest BCUT2D eigenvalue weighted by molar-refractivity contribution is -0.168. The first kappa shape index (κ1) is 9.96. The molecule has 0 unspecified atom stereocenters. The van der Waals surface area contributed by atoms with Crippen LogP contribution < -0.4 is 0 Å². The highest BCUT2D eigenvalue weighted by Crippen LogP contribution is 2.28. The molecule has 0 aliphatic carbocycles. The summed E-state index contributed by atoms with van der Waals surface area (Å²) < 4.78 is 10.7. The summed E-state index contributed by atoms with van der Waals surface area (Å²) in [6.07, 6.45) is 2.67. The standard InChI is InChI=1S/C9H18O3/c1-8(10)9(7-11-2)5-3-4-6-12-9/h8,10H,3-7H2,1-2H3/t8-,9-/m0/s1. The van der Waals surface area contributed by atoms with Crippen molar-refractivity contribution in [1.82, 2.24) is 0 Å². The fraction of sp³-hybridized carbons (Fsp3) is 1.00. The molecule has 0 aromatic carbocycles. The first-order valence-corrected chi connectivity index (χ1v) is 4.52. The number of methoxy groups -OCH3 is 1. The molecule has 12 heavy (non-hydrogen) atoms. The molecule has 1 aliphatic rings. The molecule has 72 valence electrons. The molecule has 0 bridgehead atoms. The third-order valence-corrected chi connectivity index (χ3v) is 2.53. The van der Waals surface area contributed by atoms with Gasteiger partial charge in [-0.15, -0.1) is 0 Å². The minimum absolute atomic E-state index is 0.437. The zero-order valence-corrected chi connectivity index (χ0v) is 7.88. The highest BCUT2D eigenvalue weighted by molar-refractivity contribution is 4.88. The van der Waals surface area contributed by atoms with Gasteiger partial charge in [0, 0.05) is 13.7 Å². The molecule has 3 heteroatoms. The number of hydrogen-bond donors (Lipinski definition) is 1. The second-order valence-electron chi connectivity index (χ2n) is 3.48. The Morgan fingerprint density at radius 2 is 2.33 bits per heavy atom. The van der Waals surface area contributed by atoms with E-state index in [9.17, 15) is 5.11 Å². The van der Waals surface area contributed by atoms with Gasteiger partial charge in [-0.05, 0) is 26.2 Å². The van der Waals surface area contributed by atoms with E-state index in [1.165, 1.54) is 0 Å². The fourth-order valence-electron chi connectivity index (χ4n) is 1.68. The average Bonchev–Trinajstić information content (AvgIpc) is 2.06. The van der Waals surface area contributed by atoms with Crippen LogP contribution in [0.5, 0.6) is 0 Å². The van der Waals surface area contributed by atoms with Crippen LogP contribution in [0.2, 0.25) is 0 Å². The third-order valence-electron chi connectivity index (χ3n) is 2.53. The Balaban J connectivity index is 2.56. The SMILES string of the molecule is COC[C@]1([C@H](C)O)CCCCO1. The van der Waals surface area contributed by atoms with Crippen molar-refractivity contribution in [3.63, 3.8) is 0 Å². The Bertz CT molecular complexity index is 122. The molecule has 0 radical (unpaired) electrons. The Hall–Kier alpha value is -0.120. The van der Waals surface area contributed by atoms with Crippen LogP contribution in [0.25, 0.3) is 0 Å². The number of aliphatic hydroxyl groups excluding tert-OH is 1. The smallest absolute Gasteiger partial charge is 0.117 e. The van der Waals surface area contributed by atoms with Crippen LogP contribution in [0.3, 0.4) is 0 Å². The Morgan fingerprint density at radius 1 is 1.58 bits per heavy atom. The molecule has 2 atom stereocenters. The molecule has 0 aromatic heterocycles. The highest BCUT2D eigenvalue weighted by Gasteiger charge is 2.38. The van der Waals surface area contributed by atoms with E-state index in [-0.39, 0.29) is 0 Å². The van der Waals surface area contributed by atoms with E-state index in [1.807, 2.05) is 0 Å². The largest absolute Gasteiger partial charge is 0.390 e. The monoisotopic (exact) mass is 174 g/mol. The van der Waals surface area contributed by atoms with Gasteiger partial charge in [0.2, 0.25) is 0 Å². The summed E-state index contributed by atoms with van der Waals surface area (Å²) in [5, 5.41) is 9.55. The first-order chi connectivity index (χ1) is 5.71. The van der Waals surface area contributed by atoms with Crippen LogP contribution in [-0.4, -0.2) is 37.1 Å². The molecule has 0 spiro atoms. The summed E-state index contributed by atoms with van der Waals surface area (Å²) >= 11 is 0. The van der Waals surface area contributed by atoms with Gasteiger partial charge in [0.05, 0.1) is 12.7 Å². The molecular formula is C9H18O3. The minimum atomic E-state index is -0.447. The molecule has 0 aromatic rings. The van der Waals surface area contributed by atoms with Gasteiger partial charge in [0.15, 0.2) is 0 Å². The summed E-state index contributed by atoms with van der Waals surface area (Å²) in [5.41, 5.74) is -0.437. The maximum absolute atomic E-state index is 9.55. The van der Waals surface area contributed by atoms with Crippen molar-refractivity contribution in [2.24, 2.45) is 0 Å². The van der Waals surface area contributed by atoms with Crippen molar-refractivity contribution < 1.29 is 14.6 Å². The number of hydrogen-bond acceptors (Lipinski definition) is 3. The summed E-state index contributed by atoms with van der Waals surface area (Å²) in [6.45, 7) is 3.00. The zero-order valence-electron chi connectivity index (χ0n) is 7.88. The molecule has 1 fully saturated rings. The quantitative estimate of drug-likeness (QED) is 0.692. The van der Waals surface area contributed by atoms with Gasteiger partial charge in [-0.25, -0.2) is 0 Å². The van der Waals surface area contributed by atoms with E-state index in [1.54, 1.807) is 14.0 Å². The van der Waals surface area contributed by atoms with E-state index >= 15 is 0 Å². The van der Waals surface area contributed by atoms with Crippen molar-refractivity contribution in [2.75, 3.05) is 20.3 Å². The van der Waals surface area contributed by atoms with Crippen molar-refractivity contribution in [3.05, 3.63) is 0 Å². The summed E-state index contributed by atoms with van der Waals surface area (Å²) in [6, 6.07) is 0. The van der Waals surface area contributed by atoms with Crippen molar-refractivity contribution >= 4 is 0 Å². The molecule has 3 nitrogen and oxygen atoms in total. The molecule has 1 aliphatic heterocycles. The summed E-state index contributed by atoms with van der Waals surface area (Å²) in [7, 11) is 1.64. The maximum Gasteiger partial charge on any atom is 0.117 e. The van der Waals surface area contributed by atoms with Crippen LogP contribution >= 0.6 is 0 Å². The Morgan fingerprint density at radius 3 is 2.75 bits per heavy atom. The molecule has 1 N–H and O–H groups in total. The zero-order chi connectivity index (χ0) is 9.03. The van der Waals surface area contributed by atoms with Gasteiger partial charge in [-0.2, -0.15) is 0 Å². The summed E-state index contributed by atoms with van der Waals surface area (Å²) in [4.78, 5) is 0. The normalized spacial score (nSPS) is 33.2. The van der Waals surface area contributed by atoms with Crippen LogP contribution in [0.1, 0.15) is 26.2 Å². The van der Waals surface area contributed by atoms with Crippen LogP contribution in [0.4, 0.5) is 0 Å². The maximum atomic E-state index is 9.55. The third kappa shape index (κ3) is 1.97. The van der Waals surface area contributed by atoms with Gasteiger partial charge in [0.1, 0.15) is 5.60 Å². The topological polar surface area (TPSA) is 38.7 Å². The molecule has 0 saturated carbocycles. The minimum Gasteiger partial charge on any atom is -0.390 e. The first-order valence-electron chi connectivity index (χ1n) is 4.52. The van der Waals surface area contributed by atoms with E-state index in [2.05, 4.69) is 0 Å². The van der Waals surface area contributed by atoms with Crippen LogP contribution in [0, 0.1) is 0 Å². The Labute approximate surface area is 73.7 Å². The van der Waals surface area contributed by atoms with E-state index in [0.29, 0.717) is 6.61 Å². The van der Waals surface area contributed by atoms with Crippen molar-refractivity contribution in [1.29, 1.82) is 0 Å². The van der Waals surface area contributed by atoms with Crippen molar-refractivity contribution in [3.8, 4) is 0 Å². The van der Waals surface area contributed by atoms with E-state index in [0.717, 1.165) is 25.9 Å². The number of ether oxygens (including phenoxy) is 2. The number of aliphatic hydroxyl groups is 1. The molecule has 0 amide bonds. The molecule has 1 saturated heterocycles. The molecule has 1 heterocycles. The lowest BCUT2D eigenvalue weighted by atomic mass is 9.90. The van der Waals surface area contributed by atoms with Crippen LogP contribution in [-0.2, 0) is 9.47 Å². The van der Waals surface area contributed by atoms with Gasteiger partial charge in [-0.3, -0.25) is 0 Å². The lowest BCUT2D eigenvalue weighted by Crippen LogP contribution is -2.49. The highest BCUT2D eigenvalue weighted by atomic mass is 16.5. The lowest BCUT2D eigenvalue weighted by Gasteiger charge is -2.39. The predicted octanol–water partition coefficient (Wildman–Crippen LogP) is 0.953. The Kier molecular flexibility index (Phi) is 3.50. The molecular weight excluding hydrogens is 156 g/mol. The second-order valence-corrected chi connectivity index (χ2v) is 3.48. The van der Waals surface area contributed by atoms with Gasteiger partial charge >= 0.3 is 0 Å². The van der Waals surface area contributed by atoms with Gasteiger partial charge in [0.25, 0.3) is 0 Å². The van der Waals surface area contributed by atoms with E-state index in [4.69, 9.17) is 9.47 Å². The molecule has 1 rings (SSSR count). The number of rotatable bonds is 3. The van der Waals surface area contributed by atoms with Crippen molar-refractivity contribution in [2.45, 2.75) is 37.9 Å². The fourth-order valence-corrected chi connectivity index (χ4v) is 1.68. The predicted molar refractivity (Wildman–Crippen MR) is 46.1 cm³/mol. The van der Waals surface area contributed by atoms with Crippen LogP contribution in [0.15, 0.2) is 0 Å². The second kappa shape index (κ2) is 4.21. The summed E-state index contributed by atoms with van der Waals surface area (Å²) in [5.74, 6) is 0. The van der Waals surface area contributed by atoms with Gasteiger partial charge < -0.3 is 14.6 Å². The van der Waals surface area contributed by atoms with E-state index < -0.39 is 11.7 Å².